The molecular formula is C17H20ClNO. The van der Waals surface area contributed by atoms with E-state index in [4.69, 9.17) is 16.3 Å². The lowest BCUT2D eigenvalue weighted by atomic mass is 10.1. The van der Waals surface area contributed by atoms with Crippen LogP contribution in [0.4, 0.5) is 0 Å². The van der Waals surface area contributed by atoms with Crippen LogP contribution in [0, 0.1) is 6.92 Å². The van der Waals surface area contributed by atoms with Crippen LogP contribution in [0.25, 0.3) is 0 Å². The number of hydrogen-bond acceptors (Lipinski definition) is 2. The number of rotatable bonds is 5. The zero-order valence-electron chi connectivity index (χ0n) is 12.1. The first-order valence-corrected chi connectivity index (χ1v) is 7.19. The summed E-state index contributed by atoms with van der Waals surface area (Å²) in [7, 11) is 0. The number of hydrogen-bond donors (Lipinski definition) is 1. The number of ether oxygens (including phenoxy) is 1. The lowest BCUT2D eigenvalue weighted by Crippen LogP contribution is -2.22. The molecule has 0 amide bonds. The van der Waals surface area contributed by atoms with E-state index in [1.807, 2.05) is 30.3 Å². The van der Waals surface area contributed by atoms with E-state index in [2.05, 4.69) is 38.2 Å². The Labute approximate surface area is 125 Å². The summed E-state index contributed by atoms with van der Waals surface area (Å²) in [6, 6.07) is 14.1. The topological polar surface area (TPSA) is 21.3 Å². The lowest BCUT2D eigenvalue weighted by Gasteiger charge is -2.14. The van der Waals surface area contributed by atoms with Crippen LogP contribution >= 0.6 is 11.6 Å². The number of aryl methyl sites for hydroxylation is 1. The van der Waals surface area contributed by atoms with Crippen molar-refractivity contribution in [2.75, 3.05) is 0 Å². The molecule has 0 aliphatic heterocycles. The van der Waals surface area contributed by atoms with Crippen molar-refractivity contribution in [2.45, 2.75) is 33.4 Å². The summed E-state index contributed by atoms with van der Waals surface area (Å²) in [5, 5.41) is 4.13. The van der Waals surface area contributed by atoms with Gasteiger partial charge in [0.25, 0.3) is 0 Å². The Bertz CT molecular complexity index is 564. The van der Waals surface area contributed by atoms with Crippen molar-refractivity contribution in [3.63, 3.8) is 0 Å². The summed E-state index contributed by atoms with van der Waals surface area (Å²) in [5.41, 5.74) is 2.39. The van der Waals surface area contributed by atoms with E-state index in [9.17, 15) is 0 Å². The van der Waals surface area contributed by atoms with E-state index < -0.39 is 0 Å². The average Bonchev–Trinajstić information content (AvgIpc) is 2.41. The maximum absolute atomic E-state index is 5.95. The van der Waals surface area contributed by atoms with Crippen molar-refractivity contribution in [3.8, 4) is 11.5 Å². The summed E-state index contributed by atoms with van der Waals surface area (Å²) in [4.78, 5) is 0. The van der Waals surface area contributed by atoms with E-state index in [0.29, 0.717) is 11.1 Å². The van der Waals surface area contributed by atoms with Gasteiger partial charge in [0, 0.05) is 23.2 Å². The highest BCUT2D eigenvalue weighted by atomic mass is 35.5. The molecule has 2 aromatic rings. The highest BCUT2D eigenvalue weighted by Gasteiger charge is 2.06. The number of nitrogens with one attached hydrogen (secondary N) is 1. The van der Waals surface area contributed by atoms with Gasteiger partial charge in [-0.2, -0.15) is 0 Å². The molecule has 20 heavy (non-hydrogen) atoms. The van der Waals surface area contributed by atoms with Gasteiger partial charge in [-0.05, 0) is 37.3 Å². The fourth-order valence-electron chi connectivity index (χ4n) is 1.89. The Hall–Kier alpha value is -1.51. The van der Waals surface area contributed by atoms with Crippen molar-refractivity contribution in [1.82, 2.24) is 5.32 Å². The Morgan fingerprint density at radius 2 is 1.80 bits per heavy atom. The Balaban J connectivity index is 2.19. The first-order valence-electron chi connectivity index (χ1n) is 6.81. The van der Waals surface area contributed by atoms with Crippen LogP contribution in [0.2, 0.25) is 5.02 Å². The van der Waals surface area contributed by atoms with Gasteiger partial charge in [-0.25, -0.2) is 0 Å². The van der Waals surface area contributed by atoms with Crippen molar-refractivity contribution in [1.29, 1.82) is 0 Å². The second-order valence-corrected chi connectivity index (χ2v) is 5.64. The monoisotopic (exact) mass is 289 g/mol. The van der Waals surface area contributed by atoms with Crippen LogP contribution in [0.3, 0.4) is 0 Å². The minimum Gasteiger partial charge on any atom is -0.457 e. The molecule has 0 saturated carbocycles. The van der Waals surface area contributed by atoms with Crippen molar-refractivity contribution < 1.29 is 4.74 Å². The van der Waals surface area contributed by atoms with Gasteiger partial charge in [0.1, 0.15) is 11.5 Å². The van der Waals surface area contributed by atoms with Crippen LogP contribution in [-0.2, 0) is 6.54 Å². The SMILES string of the molecule is Cc1ccc(Oc2ccc(Cl)cc2)c(CNC(C)C)c1. The van der Waals surface area contributed by atoms with E-state index in [0.717, 1.165) is 23.6 Å². The molecule has 0 aromatic heterocycles. The Kier molecular flexibility index (Phi) is 5.05. The highest BCUT2D eigenvalue weighted by Crippen LogP contribution is 2.27. The van der Waals surface area contributed by atoms with Gasteiger partial charge in [0.15, 0.2) is 0 Å². The molecule has 2 rings (SSSR count). The minimum atomic E-state index is 0.443. The third-order valence-corrected chi connectivity index (χ3v) is 3.21. The standard InChI is InChI=1S/C17H20ClNO/c1-12(2)19-11-14-10-13(3)4-9-17(14)20-16-7-5-15(18)6-8-16/h4-10,12,19H,11H2,1-3H3. The fraction of sp³-hybridized carbons (Fsp3) is 0.294. The highest BCUT2D eigenvalue weighted by molar-refractivity contribution is 6.30. The van der Waals surface area contributed by atoms with Gasteiger partial charge < -0.3 is 10.1 Å². The molecule has 2 nitrogen and oxygen atoms in total. The van der Waals surface area contributed by atoms with Gasteiger partial charge in [0.05, 0.1) is 0 Å². The summed E-state index contributed by atoms with van der Waals surface area (Å²) in [6.07, 6.45) is 0. The zero-order chi connectivity index (χ0) is 14.5. The van der Waals surface area contributed by atoms with Gasteiger partial charge in [-0.15, -0.1) is 0 Å². The fourth-order valence-corrected chi connectivity index (χ4v) is 2.02. The van der Waals surface area contributed by atoms with E-state index in [1.165, 1.54) is 5.56 Å². The zero-order valence-corrected chi connectivity index (χ0v) is 12.9. The smallest absolute Gasteiger partial charge is 0.131 e. The Morgan fingerprint density at radius 3 is 2.45 bits per heavy atom. The quantitative estimate of drug-likeness (QED) is 0.842. The number of benzene rings is 2. The molecule has 0 bridgehead atoms. The van der Waals surface area contributed by atoms with Gasteiger partial charge in [-0.3, -0.25) is 0 Å². The molecule has 0 aliphatic rings. The molecule has 3 heteroatoms. The first kappa shape index (κ1) is 14.9. The lowest BCUT2D eigenvalue weighted by molar-refractivity contribution is 0.469. The van der Waals surface area contributed by atoms with Crippen molar-refractivity contribution in [3.05, 3.63) is 58.6 Å². The molecule has 106 valence electrons. The van der Waals surface area contributed by atoms with E-state index >= 15 is 0 Å². The molecular weight excluding hydrogens is 270 g/mol. The summed E-state index contributed by atoms with van der Waals surface area (Å²) < 4.78 is 5.95. The molecule has 0 spiro atoms. The second kappa shape index (κ2) is 6.78. The van der Waals surface area contributed by atoms with Gasteiger partial charge >= 0.3 is 0 Å². The largest absolute Gasteiger partial charge is 0.457 e. The van der Waals surface area contributed by atoms with Crippen LogP contribution in [0.15, 0.2) is 42.5 Å². The maximum Gasteiger partial charge on any atom is 0.131 e. The number of halogens is 1. The molecule has 0 unspecified atom stereocenters. The molecule has 0 radical (unpaired) electrons. The van der Waals surface area contributed by atoms with Crippen molar-refractivity contribution >= 4 is 11.6 Å². The average molecular weight is 290 g/mol. The molecule has 2 aromatic carbocycles. The predicted molar refractivity (Wildman–Crippen MR) is 84.7 cm³/mol. The van der Waals surface area contributed by atoms with Crippen LogP contribution in [0.5, 0.6) is 11.5 Å². The molecule has 0 saturated heterocycles. The second-order valence-electron chi connectivity index (χ2n) is 5.20. The third-order valence-electron chi connectivity index (χ3n) is 2.96. The predicted octanol–water partition coefficient (Wildman–Crippen LogP) is 4.94. The first-order chi connectivity index (χ1) is 9.54. The van der Waals surface area contributed by atoms with E-state index in [-0.39, 0.29) is 0 Å². The third kappa shape index (κ3) is 4.26. The molecule has 1 N–H and O–H groups in total. The summed E-state index contributed by atoms with van der Waals surface area (Å²) in [5.74, 6) is 1.68. The summed E-state index contributed by atoms with van der Waals surface area (Å²) in [6.45, 7) is 7.15. The minimum absolute atomic E-state index is 0.443. The van der Waals surface area contributed by atoms with Gasteiger partial charge in [0.2, 0.25) is 0 Å². The Morgan fingerprint density at radius 1 is 1.10 bits per heavy atom. The van der Waals surface area contributed by atoms with Crippen LogP contribution in [0.1, 0.15) is 25.0 Å². The molecule has 0 atom stereocenters. The maximum atomic E-state index is 5.95. The van der Waals surface area contributed by atoms with Crippen molar-refractivity contribution in [2.24, 2.45) is 0 Å². The molecule has 0 fully saturated rings. The molecule has 0 heterocycles. The molecule has 0 aliphatic carbocycles. The van der Waals surface area contributed by atoms with Crippen LogP contribution < -0.4 is 10.1 Å². The van der Waals surface area contributed by atoms with E-state index in [1.54, 1.807) is 0 Å². The normalized spacial score (nSPS) is 10.8. The summed E-state index contributed by atoms with van der Waals surface area (Å²) >= 11 is 5.89. The van der Waals surface area contributed by atoms with Gasteiger partial charge in [-0.1, -0.05) is 43.1 Å². The van der Waals surface area contributed by atoms with Crippen LogP contribution in [-0.4, -0.2) is 6.04 Å².